The van der Waals surface area contributed by atoms with Gasteiger partial charge in [0, 0.05) is 24.2 Å². The van der Waals surface area contributed by atoms with E-state index in [4.69, 9.17) is 4.74 Å². The first-order valence-corrected chi connectivity index (χ1v) is 6.76. The molecule has 0 unspecified atom stereocenters. The van der Waals surface area contributed by atoms with Gasteiger partial charge in [-0.05, 0) is 30.2 Å². The number of carbonyl (C=O) groups is 1. The molecule has 0 fully saturated rings. The van der Waals surface area contributed by atoms with Crippen molar-refractivity contribution in [3.8, 4) is 5.75 Å². The predicted molar refractivity (Wildman–Crippen MR) is 83.0 cm³/mol. The lowest BCUT2D eigenvalue weighted by atomic mass is 10.1. The molecule has 0 atom stereocenters. The standard InChI is InChI=1S/C16H16N2O4/c1-22-15-8-5-12(6-9-15)7-10-16(19)17-13-3-2-4-14(11-13)18(20)21/h2-6,8-9,11H,7,10H2,1H3,(H,17,19). The lowest BCUT2D eigenvalue weighted by molar-refractivity contribution is -0.384. The number of non-ortho nitro benzene ring substituents is 1. The van der Waals surface area contributed by atoms with Gasteiger partial charge in [-0.2, -0.15) is 0 Å². The van der Waals surface area contributed by atoms with Crippen molar-refractivity contribution in [2.75, 3.05) is 12.4 Å². The van der Waals surface area contributed by atoms with Crippen molar-refractivity contribution in [3.63, 3.8) is 0 Å². The largest absolute Gasteiger partial charge is 0.497 e. The fourth-order valence-corrected chi connectivity index (χ4v) is 1.97. The van der Waals surface area contributed by atoms with E-state index >= 15 is 0 Å². The number of carbonyl (C=O) groups excluding carboxylic acids is 1. The lowest BCUT2D eigenvalue weighted by Gasteiger charge is -2.06. The van der Waals surface area contributed by atoms with E-state index < -0.39 is 4.92 Å². The maximum absolute atomic E-state index is 11.9. The monoisotopic (exact) mass is 300 g/mol. The second-order valence-corrected chi connectivity index (χ2v) is 4.70. The van der Waals surface area contributed by atoms with E-state index in [1.54, 1.807) is 13.2 Å². The highest BCUT2D eigenvalue weighted by atomic mass is 16.6. The van der Waals surface area contributed by atoms with Crippen molar-refractivity contribution in [1.82, 2.24) is 0 Å². The molecule has 22 heavy (non-hydrogen) atoms. The molecule has 0 heterocycles. The van der Waals surface area contributed by atoms with E-state index in [1.165, 1.54) is 18.2 Å². The zero-order chi connectivity index (χ0) is 15.9. The molecule has 1 amide bonds. The molecule has 0 bridgehead atoms. The molecule has 1 N–H and O–H groups in total. The van der Waals surface area contributed by atoms with Crippen LogP contribution < -0.4 is 10.1 Å². The minimum absolute atomic E-state index is 0.0482. The number of ether oxygens (including phenoxy) is 1. The summed E-state index contributed by atoms with van der Waals surface area (Å²) < 4.78 is 5.07. The maximum Gasteiger partial charge on any atom is 0.271 e. The number of benzene rings is 2. The Morgan fingerprint density at radius 3 is 2.59 bits per heavy atom. The van der Waals surface area contributed by atoms with Crippen molar-refractivity contribution in [3.05, 3.63) is 64.2 Å². The van der Waals surface area contributed by atoms with Gasteiger partial charge in [0.1, 0.15) is 5.75 Å². The summed E-state index contributed by atoms with van der Waals surface area (Å²) in [5.41, 5.74) is 1.40. The van der Waals surface area contributed by atoms with Crippen molar-refractivity contribution in [1.29, 1.82) is 0 Å². The fraction of sp³-hybridized carbons (Fsp3) is 0.188. The number of nitrogens with one attached hydrogen (secondary N) is 1. The van der Waals surface area contributed by atoms with Crippen LogP contribution in [0, 0.1) is 10.1 Å². The zero-order valence-corrected chi connectivity index (χ0v) is 12.1. The van der Waals surface area contributed by atoms with E-state index in [0.29, 0.717) is 18.5 Å². The average Bonchev–Trinajstić information content (AvgIpc) is 2.53. The van der Waals surface area contributed by atoms with Crippen molar-refractivity contribution in [2.45, 2.75) is 12.8 Å². The SMILES string of the molecule is COc1ccc(CCC(=O)Nc2cccc([N+](=O)[O-])c2)cc1. The van der Waals surface area contributed by atoms with Crippen LogP contribution in [0.5, 0.6) is 5.75 Å². The number of hydrogen-bond acceptors (Lipinski definition) is 4. The number of nitrogens with zero attached hydrogens (tertiary/aromatic N) is 1. The Balaban J connectivity index is 1.89. The van der Waals surface area contributed by atoms with Gasteiger partial charge in [0.2, 0.25) is 5.91 Å². The Morgan fingerprint density at radius 1 is 1.23 bits per heavy atom. The molecule has 2 aromatic carbocycles. The Kier molecular flexibility index (Phi) is 5.08. The van der Waals surface area contributed by atoms with Crippen LogP contribution in [0.4, 0.5) is 11.4 Å². The van der Waals surface area contributed by atoms with Gasteiger partial charge in [0.15, 0.2) is 0 Å². The van der Waals surface area contributed by atoms with Crippen LogP contribution in [-0.4, -0.2) is 17.9 Å². The van der Waals surface area contributed by atoms with Crippen molar-refractivity contribution >= 4 is 17.3 Å². The van der Waals surface area contributed by atoms with Crippen molar-refractivity contribution in [2.24, 2.45) is 0 Å². The number of amides is 1. The van der Waals surface area contributed by atoms with Gasteiger partial charge in [-0.3, -0.25) is 14.9 Å². The molecule has 2 aromatic rings. The quantitative estimate of drug-likeness (QED) is 0.656. The van der Waals surface area contributed by atoms with Crippen LogP contribution in [0.15, 0.2) is 48.5 Å². The van der Waals surface area contributed by atoms with Gasteiger partial charge in [-0.25, -0.2) is 0 Å². The number of rotatable bonds is 6. The first kappa shape index (κ1) is 15.5. The predicted octanol–water partition coefficient (Wildman–Crippen LogP) is 3.17. The minimum Gasteiger partial charge on any atom is -0.497 e. The summed E-state index contributed by atoms with van der Waals surface area (Å²) >= 11 is 0. The van der Waals surface area contributed by atoms with Gasteiger partial charge in [-0.15, -0.1) is 0 Å². The molecule has 0 aromatic heterocycles. The van der Waals surface area contributed by atoms with Crippen LogP contribution in [0.25, 0.3) is 0 Å². The summed E-state index contributed by atoms with van der Waals surface area (Å²) in [6.45, 7) is 0. The Bertz CT molecular complexity index is 668. The number of aryl methyl sites for hydroxylation is 1. The summed E-state index contributed by atoms with van der Waals surface area (Å²) in [5, 5.41) is 13.3. The Labute approximate surface area is 127 Å². The topological polar surface area (TPSA) is 81.5 Å². The third-order valence-corrected chi connectivity index (χ3v) is 3.14. The molecule has 2 rings (SSSR count). The summed E-state index contributed by atoms with van der Waals surface area (Å²) in [4.78, 5) is 22.1. The third-order valence-electron chi connectivity index (χ3n) is 3.14. The number of nitro groups is 1. The van der Waals surface area contributed by atoms with E-state index in [1.807, 2.05) is 24.3 Å². The van der Waals surface area contributed by atoms with Crippen LogP contribution >= 0.6 is 0 Å². The van der Waals surface area contributed by atoms with Crippen LogP contribution in [-0.2, 0) is 11.2 Å². The van der Waals surface area contributed by atoms with Gasteiger partial charge >= 0.3 is 0 Å². The number of methoxy groups -OCH3 is 1. The third kappa shape index (κ3) is 4.31. The number of hydrogen-bond donors (Lipinski definition) is 1. The van der Waals surface area contributed by atoms with Gasteiger partial charge in [0.05, 0.1) is 12.0 Å². The normalized spacial score (nSPS) is 10.0. The van der Waals surface area contributed by atoms with Crippen LogP contribution in [0.1, 0.15) is 12.0 Å². The Hall–Kier alpha value is -2.89. The van der Waals surface area contributed by atoms with Gasteiger partial charge in [-0.1, -0.05) is 18.2 Å². The zero-order valence-electron chi connectivity index (χ0n) is 12.1. The molecular weight excluding hydrogens is 284 g/mol. The molecule has 0 aliphatic heterocycles. The second-order valence-electron chi connectivity index (χ2n) is 4.70. The highest BCUT2D eigenvalue weighted by molar-refractivity contribution is 5.91. The first-order valence-electron chi connectivity index (χ1n) is 6.76. The van der Waals surface area contributed by atoms with E-state index in [-0.39, 0.29) is 11.6 Å². The fourth-order valence-electron chi connectivity index (χ4n) is 1.97. The lowest BCUT2D eigenvalue weighted by Crippen LogP contribution is -2.12. The molecule has 0 saturated heterocycles. The van der Waals surface area contributed by atoms with Crippen LogP contribution in [0.3, 0.4) is 0 Å². The molecule has 6 heteroatoms. The van der Waals surface area contributed by atoms with E-state index in [2.05, 4.69) is 5.32 Å². The summed E-state index contributed by atoms with van der Waals surface area (Å²) in [6, 6.07) is 13.4. The summed E-state index contributed by atoms with van der Waals surface area (Å²) in [7, 11) is 1.60. The minimum atomic E-state index is -0.493. The molecule has 0 saturated carbocycles. The summed E-state index contributed by atoms with van der Waals surface area (Å²) in [6.07, 6.45) is 0.889. The highest BCUT2D eigenvalue weighted by Crippen LogP contribution is 2.17. The first-order chi connectivity index (χ1) is 10.6. The number of nitro benzene ring substituents is 1. The number of anilines is 1. The molecular formula is C16H16N2O4. The average molecular weight is 300 g/mol. The van der Waals surface area contributed by atoms with E-state index in [9.17, 15) is 14.9 Å². The maximum atomic E-state index is 11.9. The Morgan fingerprint density at radius 2 is 1.95 bits per heavy atom. The molecule has 0 radical (unpaired) electrons. The smallest absolute Gasteiger partial charge is 0.271 e. The molecule has 6 nitrogen and oxygen atoms in total. The van der Waals surface area contributed by atoms with Crippen LogP contribution in [0.2, 0.25) is 0 Å². The highest BCUT2D eigenvalue weighted by Gasteiger charge is 2.08. The molecule has 0 aliphatic rings. The summed E-state index contributed by atoms with van der Waals surface area (Å²) in [5.74, 6) is 0.584. The molecule has 114 valence electrons. The second kappa shape index (κ2) is 7.21. The van der Waals surface area contributed by atoms with Gasteiger partial charge in [0.25, 0.3) is 5.69 Å². The van der Waals surface area contributed by atoms with Gasteiger partial charge < -0.3 is 10.1 Å². The molecule has 0 spiro atoms. The van der Waals surface area contributed by atoms with E-state index in [0.717, 1.165) is 11.3 Å². The van der Waals surface area contributed by atoms with Crippen molar-refractivity contribution < 1.29 is 14.5 Å². The molecule has 0 aliphatic carbocycles.